The molecule has 4 aromatic rings. The third-order valence-electron chi connectivity index (χ3n) is 4.22. The van der Waals surface area contributed by atoms with Gasteiger partial charge in [0.1, 0.15) is 17.1 Å². The molecular formula is C22H16O6. The number of aromatic carboxylic acids is 2. The standard InChI is InChI=1S/2C11H8O3/c12-10-6-8(11(13)14)5-7-3-1-2-4-9(7)10;12-10-8-4-2-1-3-7(8)5-6-9(10)11(13)14/h2*1-6,12H,(H,13,14). The Bertz CT molecular complexity index is 1200. The van der Waals surface area contributed by atoms with Gasteiger partial charge in [-0.25, -0.2) is 9.59 Å². The lowest BCUT2D eigenvalue weighted by atomic mass is 10.1. The topological polar surface area (TPSA) is 115 Å². The van der Waals surface area contributed by atoms with Crippen LogP contribution in [0.25, 0.3) is 21.5 Å². The van der Waals surface area contributed by atoms with Crippen molar-refractivity contribution in [1.82, 2.24) is 0 Å². The highest BCUT2D eigenvalue weighted by Gasteiger charge is 2.11. The molecular weight excluding hydrogens is 360 g/mol. The third-order valence-corrected chi connectivity index (χ3v) is 4.22. The predicted octanol–water partition coefficient (Wildman–Crippen LogP) is 4.49. The van der Waals surface area contributed by atoms with Crippen LogP contribution < -0.4 is 0 Å². The number of carboxylic acid groups (broad SMARTS) is 2. The van der Waals surface area contributed by atoms with Crippen LogP contribution in [-0.2, 0) is 0 Å². The Morgan fingerprint density at radius 3 is 1.89 bits per heavy atom. The van der Waals surface area contributed by atoms with Gasteiger partial charge in [-0.15, -0.1) is 0 Å². The van der Waals surface area contributed by atoms with Crippen LogP contribution in [0, 0.1) is 0 Å². The fourth-order valence-electron chi connectivity index (χ4n) is 2.84. The summed E-state index contributed by atoms with van der Waals surface area (Å²) in [6, 6.07) is 20.1. The summed E-state index contributed by atoms with van der Waals surface area (Å²) in [7, 11) is 0. The van der Waals surface area contributed by atoms with Crippen LogP contribution >= 0.6 is 0 Å². The van der Waals surface area contributed by atoms with Crippen LogP contribution in [0.3, 0.4) is 0 Å². The van der Waals surface area contributed by atoms with E-state index in [1.165, 1.54) is 18.2 Å². The number of benzene rings is 4. The number of fused-ring (bicyclic) bond motifs is 2. The molecule has 0 unspecified atom stereocenters. The minimum absolute atomic E-state index is 0.000463. The van der Waals surface area contributed by atoms with Gasteiger partial charge in [0.25, 0.3) is 0 Å². The highest BCUT2D eigenvalue weighted by Crippen LogP contribution is 2.28. The van der Waals surface area contributed by atoms with Crippen LogP contribution in [0.15, 0.2) is 72.8 Å². The van der Waals surface area contributed by atoms with Crippen molar-refractivity contribution >= 4 is 33.5 Å². The second kappa shape index (κ2) is 7.67. The average Bonchev–Trinajstić information content (AvgIpc) is 2.68. The van der Waals surface area contributed by atoms with Crippen LogP contribution in [0.2, 0.25) is 0 Å². The Morgan fingerprint density at radius 1 is 0.643 bits per heavy atom. The van der Waals surface area contributed by atoms with Gasteiger partial charge in [-0.2, -0.15) is 0 Å². The second-order valence-electron chi connectivity index (χ2n) is 6.01. The second-order valence-corrected chi connectivity index (χ2v) is 6.01. The summed E-state index contributed by atoms with van der Waals surface area (Å²) in [5, 5.41) is 39.5. The SMILES string of the molecule is O=C(O)c1cc(O)c2ccccc2c1.O=C(O)c1ccc2ccccc2c1O. The van der Waals surface area contributed by atoms with Crippen molar-refractivity contribution in [2.24, 2.45) is 0 Å². The number of phenolic OH excluding ortho intramolecular Hbond substituents is 1. The maximum absolute atomic E-state index is 10.7. The van der Waals surface area contributed by atoms with E-state index in [0.29, 0.717) is 10.8 Å². The first-order valence-electron chi connectivity index (χ1n) is 8.27. The molecule has 0 aliphatic rings. The van der Waals surface area contributed by atoms with Gasteiger partial charge >= 0.3 is 11.9 Å². The summed E-state index contributed by atoms with van der Waals surface area (Å²) in [4.78, 5) is 21.4. The molecule has 0 radical (unpaired) electrons. The number of aromatic hydroxyl groups is 2. The average molecular weight is 376 g/mol. The van der Waals surface area contributed by atoms with Gasteiger partial charge in [0.05, 0.1) is 5.56 Å². The lowest BCUT2D eigenvalue weighted by Crippen LogP contribution is -1.96. The molecule has 4 aromatic carbocycles. The van der Waals surface area contributed by atoms with Crippen molar-refractivity contribution in [3.8, 4) is 11.5 Å². The van der Waals surface area contributed by atoms with Crippen LogP contribution in [0.5, 0.6) is 11.5 Å². The number of carboxylic acids is 2. The first-order chi connectivity index (χ1) is 13.4. The van der Waals surface area contributed by atoms with Gasteiger partial charge in [-0.3, -0.25) is 0 Å². The summed E-state index contributed by atoms with van der Waals surface area (Å²) in [5.74, 6) is -2.32. The third kappa shape index (κ3) is 3.71. The molecule has 0 aliphatic carbocycles. The van der Waals surface area contributed by atoms with Gasteiger partial charge in [-0.05, 0) is 29.0 Å². The fraction of sp³-hybridized carbons (Fsp3) is 0. The van der Waals surface area contributed by atoms with E-state index in [9.17, 15) is 19.8 Å². The normalized spacial score (nSPS) is 10.3. The van der Waals surface area contributed by atoms with Crippen LogP contribution in [0.4, 0.5) is 0 Å². The van der Waals surface area contributed by atoms with Crippen molar-refractivity contribution in [1.29, 1.82) is 0 Å². The molecule has 0 bridgehead atoms. The van der Waals surface area contributed by atoms with E-state index in [1.54, 1.807) is 42.5 Å². The van der Waals surface area contributed by atoms with E-state index >= 15 is 0 Å². The van der Waals surface area contributed by atoms with Crippen molar-refractivity contribution in [2.75, 3.05) is 0 Å². The molecule has 28 heavy (non-hydrogen) atoms. The van der Waals surface area contributed by atoms with E-state index in [0.717, 1.165) is 10.8 Å². The molecule has 4 rings (SSSR count). The van der Waals surface area contributed by atoms with Crippen molar-refractivity contribution in [3.63, 3.8) is 0 Å². The van der Waals surface area contributed by atoms with E-state index in [1.807, 2.05) is 12.1 Å². The largest absolute Gasteiger partial charge is 0.507 e. The number of hydrogen-bond acceptors (Lipinski definition) is 4. The monoisotopic (exact) mass is 376 g/mol. The molecule has 0 fully saturated rings. The Labute approximate surface area is 159 Å². The van der Waals surface area contributed by atoms with E-state index in [4.69, 9.17) is 10.2 Å². The van der Waals surface area contributed by atoms with Crippen molar-refractivity contribution < 1.29 is 30.0 Å². The molecule has 6 heteroatoms. The van der Waals surface area contributed by atoms with E-state index in [-0.39, 0.29) is 22.6 Å². The molecule has 0 spiro atoms. The Morgan fingerprint density at radius 2 is 1.25 bits per heavy atom. The Kier molecular flexibility index (Phi) is 5.13. The molecule has 140 valence electrons. The number of hydrogen-bond donors (Lipinski definition) is 4. The minimum Gasteiger partial charge on any atom is -0.507 e. The van der Waals surface area contributed by atoms with E-state index in [2.05, 4.69) is 0 Å². The molecule has 0 amide bonds. The summed E-state index contributed by atoms with van der Waals surface area (Å²) in [5.41, 5.74) is 0.0323. The quantitative estimate of drug-likeness (QED) is 0.410. The lowest BCUT2D eigenvalue weighted by Gasteiger charge is -2.03. The summed E-state index contributed by atoms with van der Waals surface area (Å²) in [6.45, 7) is 0. The van der Waals surface area contributed by atoms with E-state index < -0.39 is 11.9 Å². The van der Waals surface area contributed by atoms with Crippen LogP contribution in [0.1, 0.15) is 20.7 Å². The molecule has 0 heterocycles. The Balaban J connectivity index is 0.000000161. The molecule has 0 aromatic heterocycles. The maximum Gasteiger partial charge on any atom is 0.339 e. The minimum atomic E-state index is -1.12. The number of phenols is 2. The zero-order valence-electron chi connectivity index (χ0n) is 14.5. The smallest absolute Gasteiger partial charge is 0.339 e. The first kappa shape index (κ1) is 18.7. The van der Waals surface area contributed by atoms with Gasteiger partial charge in [0.2, 0.25) is 0 Å². The molecule has 0 saturated heterocycles. The Hall–Kier alpha value is -4.06. The fourth-order valence-corrected chi connectivity index (χ4v) is 2.84. The zero-order chi connectivity index (χ0) is 20.3. The number of carbonyl (C=O) groups is 2. The molecule has 0 aliphatic heterocycles. The highest BCUT2D eigenvalue weighted by molar-refractivity contribution is 6.00. The first-order valence-corrected chi connectivity index (χ1v) is 8.27. The summed E-state index contributed by atoms with van der Waals surface area (Å²) >= 11 is 0. The summed E-state index contributed by atoms with van der Waals surface area (Å²) in [6.07, 6.45) is 0. The highest BCUT2D eigenvalue weighted by atomic mass is 16.4. The maximum atomic E-state index is 10.7. The van der Waals surface area contributed by atoms with Gasteiger partial charge in [0, 0.05) is 10.8 Å². The van der Waals surface area contributed by atoms with Gasteiger partial charge < -0.3 is 20.4 Å². The molecule has 0 saturated carbocycles. The van der Waals surface area contributed by atoms with Gasteiger partial charge in [-0.1, -0.05) is 54.6 Å². The van der Waals surface area contributed by atoms with Crippen molar-refractivity contribution in [3.05, 3.63) is 83.9 Å². The molecule has 6 nitrogen and oxygen atoms in total. The predicted molar refractivity (Wildman–Crippen MR) is 105 cm³/mol. The molecule has 0 atom stereocenters. The molecule has 4 N–H and O–H groups in total. The zero-order valence-corrected chi connectivity index (χ0v) is 14.5. The van der Waals surface area contributed by atoms with Crippen LogP contribution in [-0.4, -0.2) is 32.4 Å². The lowest BCUT2D eigenvalue weighted by molar-refractivity contribution is 0.0684. The number of rotatable bonds is 2. The summed E-state index contributed by atoms with van der Waals surface area (Å²) < 4.78 is 0. The van der Waals surface area contributed by atoms with Crippen molar-refractivity contribution in [2.45, 2.75) is 0 Å². The van der Waals surface area contributed by atoms with Gasteiger partial charge in [0.15, 0.2) is 0 Å².